The predicted octanol–water partition coefficient (Wildman–Crippen LogP) is 2.09. The second-order valence-corrected chi connectivity index (χ2v) is 10.2. The van der Waals surface area contributed by atoms with Crippen molar-refractivity contribution < 1.29 is 13.2 Å². The maximum atomic E-state index is 12.7. The van der Waals surface area contributed by atoms with Gasteiger partial charge in [-0.2, -0.15) is 4.31 Å². The van der Waals surface area contributed by atoms with Crippen LogP contribution in [0.4, 0.5) is 5.82 Å². The van der Waals surface area contributed by atoms with E-state index < -0.39 is 10.0 Å². The van der Waals surface area contributed by atoms with Crippen molar-refractivity contribution in [2.75, 3.05) is 44.2 Å². The molecule has 0 bridgehead atoms. The van der Waals surface area contributed by atoms with Crippen LogP contribution >= 0.6 is 0 Å². The molecule has 7 nitrogen and oxygen atoms in total. The molecule has 4 rings (SSSR count). The molecular weight excluding hydrogens is 376 g/mol. The molecule has 0 N–H and O–H groups in total. The van der Waals surface area contributed by atoms with E-state index in [0.717, 1.165) is 32.4 Å². The highest BCUT2D eigenvalue weighted by Crippen LogP contribution is 2.27. The lowest BCUT2D eigenvalue weighted by atomic mass is 10.1. The number of carbonyl (C=O) groups is 1. The topological polar surface area (TPSA) is 73.8 Å². The van der Waals surface area contributed by atoms with Gasteiger partial charge in [-0.25, -0.2) is 13.4 Å². The lowest BCUT2D eigenvalue weighted by Gasteiger charge is -2.36. The molecule has 1 aliphatic carbocycles. The van der Waals surface area contributed by atoms with Gasteiger partial charge < -0.3 is 9.80 Å². The van der Waals surface area contributed by atoms with Crippen LogP contribution in [0.1, 0.15) is 44.9 Å². The summed E-state index contributed by atoms with van der Waals surface area (Å²) in [6, 6.07) is 3.36. The normalized spacial score (nSPS) is 22.8. The fraction of sp³-hybridized carbons (Fsp3) is 0.700. The molecule has 8 heteroatoms. The summed E-state index contributed by atoms with van der Waals surface area (Å²) in [6.45, 7) is 3.82. The van der Waals surface area contributed by atoms with Crippen molar-refractivity contribution in [3.63, 3.8) is 0 Å². The Balaban J connectivity index is 1.38. The molecule has 0 atom stereocenters. The third-order valence-electron chi connectivity index (χ3n) is 6.27. The van der Waals surface area contributed by atoms with E-state index in [0.29, 0.717) is 37.9 Å². The molecule has 154 valence electrons. The summed E-state index contributed by atoms with van der Waals surface area (Å²) in [4.78, 5) is 21.1. The SMILES string of the molecule is O=C1CN(c2ccc(S(=O)(=O)N3CCCCC3)cn2)CCN1CC1CCCC1. The smallest absolute Gasteiger partial charge is 0.244 e. The number of rotatable bonds is 5. The van der Waals surface area contributed by atoms with Crippen molar-refractivity contribution in [1.82, 2.24) is 14.2 Å². The van der Waals surface area contributed by atoms with E-state index in [1.807, 2.05) is 9.80 Å². The number of piperidine rings is 1. The Morgan fingerprint density at radius 3 is 2.36 bits per heavy atom. The lowest BCUT2D eigenvalue weighted by molar-refractivity contribution is -0.131. The average Bonchev–Trinajstić information content (AvgIpc) is 3.23. The molecule has 28 heavy (non-hydrogen) atoms. The van der Waals surface area contributed by atoms with Crippen LogP contribution in [0.2, 0.25) is 0 Å². The van der Waals surface area contributed by atoms with Crippen molar-refractivity contribution in [3.8, 4) is 0 Å². The van der Waals surface area contributed by atoms with E-state index in [-0.39, 0.29) is 10.8 Å². The molecule has 3 fully saturated rings. The second kappa shape index (κ2) is 8.37. The van der Waals surface area contributed by atoms with Crippen LogP contribution in [0.3, 0.4) is 0 Å². The van der Waals surface area contributed by atoms with Crippen molar-refractivity contribution in [1.29, 1.82) is 0 Å². The van der Waals surface area contributed by atoms with Gasteiger partial charge in [0.2, 0.25) is 15.9 Å². The number of carbonyl (C=O) groups excluding carboxylic acids is 1. The predicted molar refractivity (Wildman–Crippen MR) is 108 cm³/mol. The van der Waals surface area contributed by atoms with Crippen LogP contribution in [-0.4, -0.2) is 67.8 Å². The van der Waals surface area contributed by atoms with Crippen LogP contribution in [0, 0.1) is 5.92 Å². The van der Waals surface area contributed by atoms with Gasteiger partial charge in [-0.3, -0.25) is 4.79 Å². The zero-order valence-electron chi connectivity index (χ0n) is 16.4. The van der Waals surface area contributed by atoms with Gasteiger partial charge >= 0.3 is 0 Å². The van der Waals surface area contributed by atoms with E-state index in [2.05, 4.69) is 4.98 Å². The zero-order valence-corrected chi connectivity index (χ0v) is 17.2. The maximum absolute atomic E-state index is 12.7. The van der Waals surface area contributed by atoms with Crippen molar-refractivity contribution >= 4 is 21.7 Å². The molecule has 1 aromatic rings. The van der Waals surface area contributed by atoms with Crippen LogP contribution < -0.4 is 4.90 Å². The number of hydrogen-bond acceptors (Lipinski definition) is 5. The van der Waals surface area contributed by atoms with Crippen LogP contribution in [0.25, 0.3) is 0 Å². The first-order chi connectivity index (χ1) is 13.5. The molecular formula is C20H30N4O3S. The number of hydrogen-bond donors (Lipinski definition) is 0. The minimum atomic E-state index is -3.47. The number of nitrogens with zero attached hydrogens (tertiary/aromatic N) is 4. The minimum absolute atomic E-state index is 0.143. The Kier molecular flexibility index (Phi) is 5.87. The largest absolute Gasteiger partial charge is 0.346 e. The average molecular weight is 407 g/mol. The number of pyridine rings is 1. The van der Waals surface area contributed by atoms with E-state index in [1.54, 1.807) is 16.4 Å². The molecule has 0 aromatic carbocycles. The summed E-state index contributed by atoms with van der Waals surface area (Å²) >= 11 is 0. The van der Waals surface area contributed by atoms with Gasteiger partial charge in [-0.15, -0.1) is 0 Å². The van der Waals surface area contributed by atoms with Crippen LogP contribution in [-0.2, 0) is 14.8 Å². The fourth-order valence-corrected chi connectivity index (χ4v) is 6.03. The van der Waals surface area contributed by atoms with Crippen molar-refractivity contribution in [2.45, 2.75) is 49.8 Å². The highest BCUT2D eigenvalue weighted by atomic mass is 32.2. The number of anilines is 1. The quantitative estimate of drug-likeness (QED) is 0.749. The standard InChI is InChI=1S/C20H30N4O3S/c25-20-16-22(12-13-23(20)15-17-6-2-3-7-17)19-9-8-18(14-21-19)28(26,27)24-10-4-1-5-11-24/h8-9,14,17H,1-7,10-13,15-16H2. The summed E-state index contributed by atoms with van der Waals surface area (Å²) in [5.74, 6) is 1.48. The molecule has 2 aliphatic heterocycles. The monoisotopic (exact) mass is 406 g/mol. The van der Waals surface area contributed by atoms with Crippen molar-refractivity contribution in [3.05, 3.63) is 18.3 Å². The molecule has 0 radical (unpaired) electrons. The molecule has 0 spiro atoms. The highest BCUT2D eigenvalue weighted by molar-refractivity contribution is 7.89. The van der Waals surface area contributed by atoms with Crippen molar-refractivity contribution in [2.24, 2.45) is 5.92 Å². The van der Waals surface area contributed by atoms with Gasteiger partial charge in [0.15, 0.2) is 0 Å². The first-order valence-electron chi connectivity index (χ1n) is 10.5. The summed E-state index contributed by atoms with van der Waals surface area (Å²) in [5, 5.41) is 0. The number of sulfonamides is 1. The van der Waals surface area contributed by atoms with Gasteiger partial charge in [0.05, 0.1) is 6.54 Å². The Morgan fingerprint density at radius 1 is 0.964 bits per heavy atom. The number of piperazine rings is 1. The second-order valence-electron chi connectivity index (χ2n) is 8.23. The Labute approximate surface area is 167 Å². The Morgan fingerprint density at radius 2 is 1.71 bits per heavy atom. The molecule has 3 aliphatic rings. The molecule has 0 unspecified atom stereocenters. The summed E-state index contributed by atoms with van der Waals surface area (Å²) in [7, 11) is -3.47. The molecule has 2 saturated heterocycles. The van der Waals surface area contributed by atoms with Gasteiger partial charge in [0.1, 0.15) is 10.7 Å². The summed E-state index contributed by atoms with van der Waals surface area (Å²) in [5.41, 5.74) is 0. The molecule has 3 heterocycles. The van der Waals surface area contributed by atoms with E-state index in [4.69, 9.17) is 0 Å². The third-order valence-corrected chi connectivity index (χ3v) is 8.15. The number of aromatic nitrogens is 1. The number of amides is 1. The maximum Gasteiger partial charge on any atom is 0.244 e. The van der Waals surface area contributed by atoms with Crippen LogP contribution in [0.5, 0.6) is 0 Å². The summed E-state index contributed by atoms with van der Waals surface area (Å²) < 4.78 is 27.0. The van der Waals surface area contributed by atoms with E-state index in [1.165, 1.54) is 31.9 Å². The Hall–Kier alpha value is -1.67. The molecule has 1 aromatic heterocycles. The fourth-order valence-electron chi connectivity index (χ4n) is 4.57. The molecule has 1 saturated carbocycles. The summed E-state index contributed by atoms with van der Waals surface area (Å²) in [6.07, 6.45) is 9.41. The lowest BCUT2D eigenvalue weighted by Crippen LogP contribution is -2.51. The van der Waals surface area contributed by atoms with Gasteiger partial charge in [0.25, 0.3) is 0 Å². The Bertz CT molecular complexity index is 784. The van der Waals surface area contributed by atoms with Gasteiger partial charge in [0, 0.05) is 38.9 Å². The first kappa shape index (κ1) is 19.6. The van der Waals surface area contributed by atoms with E-state index in [9.17, 15) is 13.2 Å². The zero-order chi connectivity index (χ0) is 19.6. The van der Waals surface area contributed by atoms with Gasteiger partial charge in [-0.05, 0) is 43.7 Å². The molecule has 1 amide bonds. The van der Waals surface area contributed by atoms with Crippen LogP contribution in [0.15, 0.2) is 23.2 Å². The van der Waals surface area contributed by atoms with Gasteiger partial charge in [-0.1, -0.05) is 19.3 Å². The minimum Gasteiger partial charge on any atom is -0.346 e. The first-order valence-corrected chi connectivity index (χ1v) is 12.0. The third kappa shape index (κ3) is 4.17. The highest BCUT2D eigenvalue weighted by Gasteiger charge is 2.29. The van der Waals surface area contributed by atoms with E-state index >= 15 is 0 Å².